The third-order valence-electron chi connectivity index (χ3n) is 1.83. The fourth-order valence-electron chi connectivity index (χ4n) is 1.09. The van der Waals surface area contributed by atoms with Crippen molar-refractivity contribution in [2.24, 2.45) is 0 Å². The Balaban J connectivity index is 3.17. The Hall–Kier alpha value is -2.70. The normalized spacial score (nSPS) is 10.9. The molecule has 1 aromatic heterocycles. The number of aliphatic carboxylic acids is 2. The molecule has 0 radical (unpaired) electrons. The van der Waals surface area contributed by atoms with Crippen LogP contribution in [-0.4, -0.2) is 33.2 Å². The molecule has 0 fully saturated rings. The van der Waals surface area contributed by atoms with Gasteiger partial charge in [-0.15, -0.1) is 0 Å². The quantitative estimate of drug-likeness (QED) is 0.489. The molecule has 0 aliphatic carbocycles. The largest absolute Gasteiger partial charge is 0.478 e. The summed E-state index contributed by atoms with van der Waals surface area (Å²) in [5, 5.41) is 25.9. The smallest absolute Gasteiger partial charge is 0.402 e. The van der Waals surface area contributed by atoms with Gasteiger partial charge in [0, 0.05) is 12.1 Å². The molecule has 0 amide bonds. The first-order valence-electron chi connectivity index (χ1n) is 4.34. The van der Waals surface area contributed by atoms with Crippen molar-refractivity contribution >= 4 is 23.6 Å². The fourth-order valence-corrected chi connectivity index (χ4v) is 1.09. The van der Waals surface area contributed by atoms with Gasteiger partial charge < -0.3 is 15.3 Å². The summed E-state index contributed by atoms with van der Waals surface area (Å²) in [5.74, 6) is -3.99. The van der Waals surface area contributed by atoms with Crippen LogP contribution < -0.4 is 4.57 Å². The summed E-state index contributed by atoms with van der Waals surface area (Å²) in [7, 11) is 0. The fraction of sp³-hybridized carbons (Fsp3) is 0. The molecule has 7 nitrogen and oxygen atoms in total. The number of hydrogen-bond acceptors (Lipinski definition) is 3. The molecule has 7 heteroatoms. The van der Waals surface area contributed by atoms with Crippen molar-refractivity contribution in [1.82, 2.24) is 0 Å². The Morgan fingerprint density at radius 3 is 1.94 bits per heavy atom. The summed E-state index contributed by atoms with van der Waals surface area (Å²) in [6.45, 7) is 0. The first-order chi connectivity index (χ1) is 7.91. The van der Waals surface area contributed by atoms with Gasteiger partial charge in [0.1, 0.15) is 6.08 Å². The standard InChI is InChI=1S/C10H7NO6/c12-8(13)5-7(10(16)17)11-3-1-6(2-4-11)9(14)15/h1-5H,(H2-,12,13,14,15,16,17)/p+1/b7-5-. The second-order valence-corrected chi connectivity index (χ2v) is 2.97. The minimum atomic E-state index is -1.43. The lowest BCUT2D eigenvalue weighted by atomic mass is 10.2. The SMILES string of the molecule is O=C(O)/C=C(/C(=O)O)[n+]1ccc(C(=O)O)cc1. The number of aromatic carboxylic acids is 1. The van der Waals surface area contributed by atoms with Crippen LogP contribution in [0.5, 0.6) is 0 Å². The van der Waals surface area contributed by atoms with Crippen LogP contribution in [0.1, 0.15) is 10.4 Å². The van der Waals surface area contributed by atoms with Gasteiger partial charge >= 0.3 is 23.6 Å². The van der Waals surface area contributed by atoms with Crippen LogP contribution in [0.3, 0.4) is 0 Å². The summed E-state index contributed by atoms with van der Waals surface area (Å²) in [5.41, 5.74) is -0.518. The molecule has 1 rings (SSSR count). The van der Waals surface area contributed by atoms with E-state index in [0.29, 0.717) is 6.08 Å². The van der Waals surface area contributed by atoms with Gasteiger partial charge in [-0.2, -0.15) is 4.57 Å². The Kier molecular flexibility index (Phi) is 3.55. The lowest BCUT2D eigenvalue weighted by Crippen LogP contribution is -2.36. The van der Waals surface area contributed by atoms with Gasteiger partial charge in [0.15, 0.2) is 12.4 Å². The van der Waals surface area contributed by atoms with E-state index in [-0.39, 0.29) is 5.56 Å². The van der Waals surface area contributed by atoms with E-state index < -0.39 is 23.6 Å². The Bertz CT molecular complexity index is 502. The number of carbonyl (C=O) groups is 3. The molecule has 1 aromatic rings. The van der Waals surface area contributed by atoms with Crippen molar-refractivity contribution < 1.29 is 34.3 Å². The lowest BCUT2D eigenvalue weighted by Gasteiger charge is -1.96. The Morgan fingerprint density at radius 2 is 1.59 bits per heavy atom. The van der Waals surface area contributed by atoms with E-state index in [1.807, 2.05) is 0 Å². The molecule has 0 saturated heterocycles. The van der Waals surface area contributed by atoms with E-state index in [1.54, 1.807) is 0 Å². The molecule has 0 bridgehead atoms. The molecule has 17 heavy (non-hydrogen) atoms. The molecule has 0 saturated carbocycles. The van der Waals surface area contributed by atoms with Gasteiger partial charge in [-0.25, -0.2) is 14.4 Å². The van der Waals surface area contributed by atoms with E-state index in [1.165, 1.54) is 12.1 Å². The van der Waals surface area contributed by atoms with Crippen LogP contribution in [0.4, 0.5) is 0 Å². The van der Waals surface area contributed by atoms with Gasteiger partial charge in [0.05, 0.1) is 5.56 Å². The molecule has 0 aliphatic heterocycles. The second-order valence-electron chi connectivity index (χ2n) is 2.97. The second kappa shape index (κ2) is 4.88. The maximum Gasteiger partial charge on any atom is 0.402 e. The van der Waals surface area contributed by atoms with Crippen molar-refractivity contribution in [1.29, 1.82) is 0 Å². The van der Waals surface area contributed by atoms with Crippen molar-refractivity contribution in [3.63, 3.8) is 0 Å². The zero-order valence-electron chi connectivity index (χ0n) is 8.40. The third kappa shape index (κ3) is 3.13. The monoisotopic (exact) mass is 238 g/mol. The molecular weight excluding hydrogens is 230 g/mol. The molecule has 3 N–H and O–H groups in total. The summed E-state index contributed by atoms with van der Waals surface area (Å²) >= 11 is 0. The van der Waals surface area contributed by atoms with Gasteiger partial charge in [0.25, 0.3) is 0 Å². The Labute approximate surface area is 94.9 Å². The van der Waals surface area contributed by atoms with Crippen molar-refractivity contribution in [2.45, 2.75) is 0 Å². The summed E-state index contributed by atoms with van der Waals surface area (Å²) < 4.78 is 1.00. The van der Waals surface area contributed by atoms with E-state index in [4.69, 9.17) is 15.3 Å². The van der Waals surface area contributed by atoms with E-state index >= 15 is 0 Å². The molecular formula is C10H8NO6+. The van der Waals surface area contributed by atoms with Crippen LogP contribution in [-0.2, 0) is 9.59 Å². The number of carboxylic acids is 3. The van der Waals surface area contributed by atoms with Gasteiger partial charge in [-0.05, 0) is 0 Å². The minimum absolute atomic E-state index is 0.0266. The maximum atomic E-state index is 10.8. The van der Waals surface area contributed by atoms with E-state index in [9.17, 15) is 14.4 Å². The predicted octanol–water partition coefficient (Wildman–Crippen LogP) is -0.318. The number of rotatable bonds is 4. The number of carboxylic acid groups (broad SMARTS) is 3. The van der Waals surface area contributed by atoms with Gasteiger partial charge in [-0.3, -0.25) is 0 Å². The molecule has 1 heterocycles. The van der Waals surface area contributed by atoms with Crippen molar-refractivity contribution in [3.05, 3.63) is 36.2 Å². The van der Waals surface area contributed by atoms with E-state index in [0.717, 1.165) is 17.0 Å². The number of hydrogen-bond donors (Lipinski definition) is 3. The summed E-state index contributed by atoms with van der Waals surface area (Å²) in [4.78, 5) is 31.8. The van der Waals surface area contributed by atoms with Gasteiger partial charge in [0.2, 0.25) is 0 Å². The zero-order chi connectivity index (χ0) is 13.0. The first kappa shape index (κ1) is 12.4. The molecule has 0 aromatic carbocycles. The average Bonchev–Trinajstić information content (AvgIpc) is 2.25. The number of nitrogens with zero attached hydrogens (tertiary/aromatic N) is 1. The lowest BCUT2D eigenvalue weighted by molar-refractivity contribution is -0.578. The predicted molar refractivity (Wildman–Crippen MR) is 53.1 cm³/mol. The van der Waals surface area contributed by atoms with Crippen LogP contribution in [0, 0.1) is 0 Å². The van der Waals surface area contributed by atoms with Crippen LogP contribution in [0.15, 0.2) is 30.6 Å². The summed E-state index contributed by atoms with van der Waals surface area (Å²) in [6.07, 6.45) is 2.83. The highest BCUT2D eigenvalue weighted by atomic mass is 16.4. The Morgan fingerprint density at radius 1 is 1.06 bits per heavy atom. The van der Waals surface area contributed by atoms with Crippen molar-refractivity contribution in [2.75, 3.05) is 0 Å². The molecule has 88 valence electrons. The van der Waals surface area contributed by atoms with Gasteiger partial charge in [-0.1, -0.05) is 0 Å². The summed E-state index contributed by atoms with van der Waals surface area (Å²) in [6, 6.07) is 2.34. The highest BCUT2D eigenvalue weighted by molar-refractivity contribution is 6.09. The third-order valence-corrected chi connectivity index (χ3v) is 1.83. The molecule has 0 unspecified atom stereocenters. The highest BCUT2D eigenvalue weighted by Gasteiger charge is 2.21. The molecule has 0 atom stereocenters. The minimum Gasteiger partial charge on any atom is -0.478 e. The maximum absolute atomic E-state index is 10.8. The number of pyridine rings is 1. The van der Waals surface area contributed by atoms with E-state index in [2.05, 4.69) is 0 Å². The first-order valence-corrected chi connectivity index (χ1v) is 4.34. The van der Waals surface area contributed by atoms with Crippen LogP contribution >= 0.6 is 0 Å². The topological polar surface area (TPSA) is 116 Å². The molecule has 0 spiro atoms. The number of aromatic nitrogens is 1. The van der Waals surface area contributed by atoms with Crippen molar-refractivity contribution in [3.8, 4) is 0 Å². The highest BCUT2D eigenvalue weighted by Crippen LogP contribution is 1.98. The van der Waals surface area contributed by atoms with Crippen LogP contribution in [0.2, 0.25) is 0 Å². The molecule has 0 aliphatic rings. The zero-order valence-corrected chi connectivity index (χ0v) is 8.40. The van der Waals surface area contributed by atoms with Crippen LogP contribution in [0.25, 0.3) is 5.70 Å². The average molecular weight is 238 g/mol.